The lowest BCUT2D eigenvalue weighted by molar-refractivity contribution is 0.207. The van der Waals surface area contributed by atoms with Crippen molar-refractivity contribution in [1.82, 2.24) is 0 Å². The molecule has 0 aromatic rings. The van der Waals surface area contributed by atoms with E-state index >= 15 is 0 Å². The first kappa shape index (κ1) is 9.83. The van der Waals surface area contributed by atoms with Crippen LogP contribution in [-0.4, -0.2) is 0 Å². The number of allylic oxidation sites excluding steroid dienone is 1. The second-order valence-corrected chi connectivity index (χ2v) is 4.79. The summed E-state index contributed by atoms with van der Waals surface area (Å²) in [6.07, 6.45) is 5.54. The summed E-state index contributed by atoms with van der Waals surface area (Å²) in [7, 11) is 0. The van der Waals surface area contributed by atoms with E-state index in [4.69, 9.17) is 0 Å². The molecule has 1 rings (SSSR count). The molecule has 70 valence electrons. The first-order valence-corrected chi connectivity index (χ1v) is 5.24. The lowest BCUT2D eigenvalue weighted by Gasteiger charge is -2.32. The lowest BCUT2D eigenvalue weighted by Crippen LogP contribution is -2.20. The molecule has 0 heteroatoms. The standard InChI is InChI=1S/C12H22/c1-9(2)7-12-6-5-10(3)11(4)8-12/h10-12H,1,5-8H2,2-4H3. The van der Waals surface area contributed by atoms with Crippen molar-refractivity contribution >= 4 is 0 Å². The van der Waals surface area contributed by atoms with Crippen LogP contribution in [0.2, 0.25) is 0 Å². The first-order valence-electron chi connectivity index (χ1n) is 5.24. The maximum Gasteiger partial charge on any atom is -0.0297 e. The van der Waals surface area contributed by atoms with Gasteiger partial charge in [-0.25, -0.2) is 0 Å². The highest BCUT2D eigenvalue weighted by Crippen LogP contribution is 2.35. The van der Waals surface area contributed by atoms with E-state index in [0.29, 0.717) is 0 Å². The molecule has 3 unspecified atom stereocenters. The van der Waals surface area contributed by atoms with Crippen LogP contribution in [0, 0.1) is 17.8 Å². The van der Waals surface area contributed by atoms with Crippen molar-refractivity contribution in [1.29, 1.82) is 0 Å². The highest BCUT2D eigenvalue weighted by Gasteiger charge is 2.23. The van der Waals surface area contributed by atoms with E-state index in [-0.39, 0.29) is 0 Å². The summed E-state index contributed by atoms with van der Waals surface area (Å²) in [6, 6.07) is 0. The fourth-order valence-electron chi connectivity index (χ4n) is 2.34. The van der Waals surface area contributed by atoms with Crippen LogP contribution in [0.5, 0.6) is 0 Å². The predicted octanol–water partition coefficient (Wildman–Crippen LogP) is 4.02. The SMILES string of the molecule is C=C(C)CC1CCC(C)C(C)C1. The van der Waals surface area contributed by atoms with E-state index in [0.717, 1.165) is 17.8 Å². The molecule has 0 amide bonds. The number of rotatable bonds is 2. The minimum absolute atomic E-state index is 0.933. The van der Waals surface area contributed by atoms with Crippen molar-refractivity contribution in [3.05, 3.63) is 12.2 Å². The van der Waals surface area contributed by atoms with Gasteiger partial charge in [0.1, 0.15) is 0 Å². The molecule has 0 N–H and O–H groups in total. The summed E-state index contributed by atoms with van der Waals surface area (Å²) < 4.78 is 0. The Bertz CT molecular complexity index is 157. The summed E-state index contributed by atoms with van der Waals surface area (Å²) >= 11 is 0. The van der Waals surface area contributed by atoms with Crippen molar-refractivity contribution in [3.63, 3.8) is 0 Å². The van der Waals surface area contributed by atoms with Crippen LogP contribution in [0.25, 0.3) is 0 Å². The van der Waals surface area contributed by atoms with Crippen LogP contribution in [0.3, 0.4) is 0 Å². The Morgan fingerprint density at radius 3 is 2.42 bits per heavy atom. The minimum atomic E-state index is 0.933. The lowest BCUT2D eigenvalue weighted by atomic mass is 9.74. The van der Waals surface area contributed by atoms with E-state index in [1.165, 1.54) is 31.3 Å². The van der Waals surface area contributed by atoms with Crippen LogP contribution in [0.1, 0.15) is 46.5 Å². The maximum atomic E-state index is 3.99. The molecular formula is C12H22. The third-order valence-corrected chi connectivity index (χ3v) is 3.34. The Balaban J connectivity index is 2.35. The summed E-state index contributed by atoms with van der Waals surface area (Å²) in [5.41, 5.74) is 1.36. The van der Waals surface area contributed by atoms with Gasteiger partial charge in [0.15, 0.2) is 0 Å². The smallest absolute Gasteiger partial charge is 0.0297 e. The van der Waals surface area contributed by atoms with E-state index in [9.17, 15) is 0 Å². The Hall–Kier alpha value is -0.260. The van der Waals surface area contributed by atoms with Crippen molar-refractivity contribution in [2.45, 2.75) is 46.5 Å². The molecule has 0 nitrogen and oxygen atoms in total. The number of hydrogen-bond donors (Lipinski definition) is 0. The van der Waals surface area contributed by atoms with Gasteiger partial charge in [-0.2, -0.15) is 0 Å². The van der Waals surface area contributed by atoms with Gasteiger partial charge < -0.3 is 0 Å². The third-order valence-electron chi connectivity index (χ3n) is 3.34. The molecule has 0 spiro atoms. The zero-order chi connectivity index (χ0) is 9.14. The molecule has 0 aromatic heterocycles. The van der Waals surface area contributed by atoms with Gasteiger partial charge in [0.2, 0.25) is 0 Å². The molecule has 0 aliphatic heterocycles. The normalized spacial score (nSPS) is 36.4. The zero-order valence-electron chi connectivity index (χ0n) is 8.77. The van der Waals surface area contributed by atoms with Gasteiger partial charge in [-0.15, -0.1) is 6.58 Å². The topological polar surface area (TPSA) is 0 Å². The minimum Gasteiger partial charge on any atom is -0.100 e. The molecule has 1 aliphatic carbocycles. The van der Waals surface area contributed by atoms with E-state index in [1.54, 1.807) is 0 Å². The molecule has 0 saturated heterocycles. The van der Waals surface area contributed by atoms with Gasteiger partial charge in [0, 0.05) is 0 Å². The Morgan fingerprint density at radius 2 is 1.92 bits per heavy atom. The molecule has 0 heterocycles. The molecule has 1 fully saturated rings. The van der Waals surface area contributed by atoms with E-state index in [2.05, 4.69) is 27.4 Å². The molecule has 3 atom stereocenters. The van der Waals surface area contributed by atoms with Crippen molar-refractivity contribution in [2.75, 3.05) is 0 Å². The highest BCUT2D eigenvalue weighted by molar-refractivity contribution is 4.92. The summed E-state index contributed by atoms with van der Waals surface area (Å²) in [5.74, 6) is 2.82. The second kappa shape index (κ2) is 4.11. The monoisotopic (exact) mass is 166 g/mol. The average molecular weight is 166 g/mol. The van der Waals surface area contributed by atoms with E-state index < -0.39 is 0 Å². The van der Waals surface area contributed by atoms with Gasteiger partial charge in [0.25, 0.3) is 0 Å². The Morgan fingerprint density at radius 1 is 1.25 bits per heavy atom. The van der Waals surface area contributed by atoms with Crippen LogP contribution >= 0.6 is 0 Å². The van der Waals surface area contributed by atoms with E-state index in [1.807, 2.05) is 0 Å². The van der Waals surface area contributed by atoms with Crippen molar-refractivity contribution < 1.29 is 0 Å². The molecular weight excluding hydrogens is 144 g/mol. The van der Waals surface area contributed by atoms with Crippen LogP contribution in [0.4, 0.5) is 0 Å². The molecule has 0 aromatic carbocycles. The molecule has 0 radical (unpaired) electrons. The second-order valence-electron chi connectivity index (χ2n) is 4.79. The Kier molecular flexibility index (Phi) is 3.37. The van der Waals surface area contributed by atoms with Crippen LogP contribution < -0.4 is 0 Å². The zero-order valence-corrected chi connectivity index (χ0v) is 8.77. The molecule has 12 heavy (non-hydrogen) atoms. The number of hydrogen-bond acceptors (Lipinski definition) is 0. The van der Waals surface area contributed by atoms with Gasteiger partial charge >= 0.3 is 0 Å². The maximum absolute atomic E-state index is 3.99. The molecule has 1 saturated carbocycles. The molecule has 0 bridgehead atoms. The van der Waals surface area contributed by atoms with Crippen LogP contribution in [-0.2, 0) is 0 Å². The molecule has 1 aliphatic rings. The quantitative estimate of drug-likeness (QED) is 0.543. The van der Waals surface area contributed by atoms with Gasteiger partial charge in [0.05, 0.1) is 0 Å². The van der Waals surface area contributed by atoms with Crippen LogP contribution in [0.15, 0.2) is 12.2 Å². The summed E-state index contributed by atoms with van der Waals surface area (Å²) in [4.78, 5) is 0. The van der Waals surface area contributed by atoms with Gasteiger partial charge in [-0.05, 0) is 43.9 Å². The fraction of sp³-hybridized carbons (Fsp3) is 0.833. The Labute approximate surface area is 77.1 Å². The van der Waals surface area contributed by atoms with Crippen molar-refractivity contribution in [2.24, 2.45) is 17.8 Å². The van der Waals surface area contributed by atoms with Crippen molar-refractivity contribution in [3.8, 4) is 0 Å². The fourth-order valence-corrected chi connectivity index (χ4v) is 2.34. The highest BCUT2D eigenvalue weighted by atomic mass is 14.3. The van der Waals surface area contributed by atoms with Gasteiger partial charge in [-0.3, -0.25) is 0 Å². The predicted molar refractivity (Wildman–Crippen MR) is 55.1 cm³/mol. The summed E-state index contributed by atoms with van der Waals surface area (Å²) in [5, 5.41) is 0. The third kappa shape index (κ3) is 2.66. The average Bonchev–Trinajstić information content (AvgIpc) is 1.96. The largest absolute Gasteiger partial charge is 0.100 e. The first-order chi connectivity index (χ1) is 5.59. The van der Waals surface area contributed by atoms with Gasteiger partial charge in [-0.1, -0.05) is 25.8 Å². The summed E-state index contributed by atoms with van der Waals surface area (Å²) in [6.45, 7) is 10.9.